The maximum absolute atomic E-state index is 6.05. The van der Waals surface area contributed by atoms with Gasteiger partial charge in [0, 0.05) is 31.1 Å². The van der Waals surface area contributed by atoms with E-state index in [2.05, 4.69) is 18.7 Å². The molecule has 0 amide bonds. The highest BCUT2D eigenvalue weighted by Gasteiger charge is 2.38. The Balaban J connectivity index is 1.76. The first kappa shape index (κ1) is 13.7. The Labute approximate surface area is 109 Å². The van der Waals surface area contributed by atoms with E-state index in [9.17, 15) is 0 Å². The lowest BCUT2D eigenvalue weighted by atomic mass is 9.86. The molecule has 3 nitrogen and oxygen atoms in total. The number of hydrogen-bond acceptors (Lipinski definition) is 4. The SMILES string of the molecule is CC(N)CCSC1CCOC2(CCOCC2)C1. The van der Waals surface area contributed by atoms with Gasteiger partial charge in [-0.05, 0) is 44.8 Å². The van der Waals surface area contributed by atoms with Crippen LogP contribution in [0.15, 0.2) is 0 Å². The summed E-state index contributed by atoms with van der Waals surface area (Å²) < 4.78 is 11.5. The molecule has 2 saturated heterocycles. The fourth-order valence-corrected chi connectivity index (χ4v) is 4.16. The molecule has 4 heteroatoms. The van der Waals surface area contributed by atoms with Crippen LogP contribution in [0.2, 0.25) is 0 Å². The Kier molecular flexibility index (Phi) is 5.15. The van der Waals surface area contributed by atoms with Gasteiger partial charge in [0.05, 0.1) is 5.60 Å². The standard InChI is InChI=1S/C13H25NO2S/c1-11(14)3-9-17-12-2-6-16-13(10-12)4-7-15-8-5-13/h11-12H,2-10,14H2,1H3. The van der Waals surface area contributed by atoms with Crippen LogP contribution in [0.1, 0.15) is 39.0 Å². The highest BCUT2D eigenvalue weighted by atomic mass is 32.2. The Morgan fingerprint density at radius 1 is 1.35 bits per heavy atom. The fraction of sp³-hybridized carbons (Fsp3) is 1.00. The third-order valence-corrected chi connectivity index (χ3v) is 5.12. The van der Waals surface area contributed by atoms with E-state index in [1.165, 1.54) is 18.6 Å². The second-order valence-corrected chi connectivity index (χ2v) is 6.80. The molecule has 0 aliphatic carbocycles. The number of rotatable bonds is 4. The summed E-state index contributed by atoms with van der Waals surface area (Å²) in [7, 11) is 0. The van der Waals surface area contributed by atoms with E-state index >= 15 is 0 Å². The van der Waals surface area contributed by atoms with Crippen LogP contribution in [0.25, 0.3) is 0 Å². The van der Waals surface area contributed by atoms with E-state index in [0.717, 1.165) is 44.3 Å². The van der Waals surface area contributed by atoms with Crippen molar-refractivity contribution < 1.29 is 9.47 Å². The molecule has 17 heavy (non-hydrogen) atoms. The third-order valence-electron chi connectivity index (χ3n) is 3.78. The van der Waals surface area contributed by atoms with Gasteiger partial charge in [0.2, 0.25) is 0 Å². The van der Waals surface area contributed by atoms with Gasteiger partial charge in [-0.3, -0.25) is 0 Å². The Morgan fingerprint density at radius 2 is 2.12 bits per heavy atom. The maximum Gasteiger partial charge on any atom is 0.0736 e. The summed E-state index contributed by atoms with van der Waals surface area (Å²) in [6.45, 7) is 4.76. The molecule has 0 radical (unpaired) electrons. The molecule has 2 rings (SSSR count). The van der Waals surface area contributed by atoms with Crippen LogP contribution in [0, 0.1) is 0 Å². The van der Waals surface area contributed by atoms with Gasteiger partial charge in [0.1, 0.15) is 0 Å². The number of ether oxygens (including phenoxy) is 2. The smallest absolute Gasteiger partial charge is 0.0736 e. The van der Waals surface area contributed by atoms with Gasteiger partial charge in [-0.1, -0.05) is 0 Å². The van der Waals surface area contributed by atoms with Crippen molar-refractivity contribution in [1.82, 2.24) is 0 Å². The van der Waals surface area contributed by atoms with Crippen LogP contribution in [0.4, 0.5) is 0 Å². The number of nitrogens with two attached hydrogens (primary N) is 1. The van der Waals surface area contributed by atoms with Crippen molar-refractivity contribution in [2.45, 2.75) is 55.9 Å². The van der Waals surface area contributed by atoms with Crippen molar-refractivity contribution in [3.8, 4) is 0 Å². The lowest BCUT2D eigenvalue weighted by Crippen LogP contribution is -2.45. The molecular formula is C13H25NO2S. The minimum absolute atomic E-state index is 0.141. The van der Waals surface area contributed by atoms with Crippen molar-refractivity contribution in [2.24, 2.45) is 5.73 Å². The summed E-state index contributed by atoms with van der Waals surface area (Å²) >= 11 is 2.09. The van der Waals surface area contributed by atoms with Gasteiger partial charge >= 0.3 is 0 Å². The van der Waals surface area contributed by atoms with Crippen LogP contribution in [-0.4, -0.2) is 42.5 Å². The summed E-state index contributed by atoms with van der Waals surface area (Å²) in [6.07, 6.45) is 5.69. The summed E-state index contributed by atoms with van der Waals surface area (Å²) in [4.78, 5) is 0. The van der Waals surface area contributed by atoms with Crippen molar-refractivity contribution in [1.29, 1.82) is 0 Å². The summed E-state index contributed by atoms with van der Waals surface area (Å²) in [5.74, 6) is 1.19. The summed E-state index contributed by atoms with van der Waals surface area (Å²) in [5.41, 5.74) is 5.93. The van der Waals surface area contributed by atoms with Crippen LogP contribution >= 0.6 is 11.8 Å². The van der Waals surface area contributed by atoms with Gasteiger partial charge in [-0.2, -0.15) is 11.8 Å². The minimum atomic E-state index is 0.141. The minimum Gasteiger partial charge on any atom is -0.381 e. The first-order chi connectivity index (χ1) is 8.20. The molecule has 2 fully saturated rings. The summed E-state index contributed by atoms with van der Waals surface area (Å²) in [5, 5.41) is 0.764. The molecule has 2 N–H and O–H groups in total. The normalized spacial score (nSPS) is 30.4. The zero-order valence-corrected chi connectivity index (χ0v) is 11.6. The highest BCUT2D eigenvalue weighted by Crippen LogP contribution is 2.38. The topological polar surface area (TPSA) is 44.5 Å². The molecule has 0 saturated carbocycles. The lowest BCUT2D eigenvalue weighted by molar-refractivity contribution is -0.131. The van der Waals surface area contributed by atoms with Gasteiger partial charge in [-0.15, -0.1) is 0 Å². The van der Waals surface area contributed by atoms with Gasteiger partial charge < -0.3 is 15.2 Å². The quantitative estimate of drug-likeness (QED) is 0.840. The molecule has 2 heterocycles. The monoisotopic (exact) mass is 259 g/mol. The fourth-order valence-electron chi connectivity index (χ4n) is 2.64. The van der Waals surface area contributed by atoms with E-state index in [4.69, 9.17) is 15.2 Å². The van der Waals surface area contributed by atoms with Gasteiger partial charge in [-0.25, -0.2) is 0 Å². The van der Waals surface area contributed by atoms with Crippen molar-refractivity contribution in [2.75, 3.05) is 25.6 Å². The predicted molar refractivity (Wildman–Crippen MR) is 72.5 cm³/mol. The first-order valence-corrected chi connectivity index (χ1v) is 7.84. The molecule has 0 aromatic heterocycles. The number of thioether (sulfide) groups is 1. The molecule has 2 atom stereocenters. The van der Waals surface area contributed by atoms with Crippen LogP contribution in [-0.2, 0) is 9.47 Å². The molecule has 0 bridgehead atoms. The first-order valence-electron chi connectivity index (χ1n) is 6.79. The molecule has 2 aliphatic heterocycles. The van der Waals surface area contributed by atoms with Crippen molar-refractivity contribution in [3.63, 3.8) is 0 Å². The molecule has 1 spiro atoms. The second-order valence-electron chi connectivity index (χ2n) is 5.40. The van der Waals surface area contributed by atoms with Crippen LogP contribution < -0.4 is 5.73 Å². The molecule has 2 unspecified atom stereocenters. The highest BCUT2D eigenvalue weighted by molar-refractivity contribution is 7.99. The van der Waals surface area contributed by atoms with Crippen molar-refractivity contribution >= 4 is 11.8 Å². The van der Waals surface area contributed by atoms with E-state index in [0.29, 0.717) is 6.04 Å². The zero-order valence-electron chi connectivity index (χ0n) is 10.8. The predicted octanol–water partition coefficient (Wildman–Crippen LogP) is 2.19. The molecule has 2 aliphatic rings. The average molecular weight is 259 g/mol. The van der Waals surface area contributed by atoms with E-state index < -0.39 is 0 Å². The molecule has 100 valence electrons. The van der Waals surface area contributed by atoms with Crippen LogP contribution in [0.5, 0.6) is 0 Å². The number of hydrogen-bond donors (Lipinski definition) is 1. The zero-order chi connectivity index (χ0) is 12.1. The van der Waals surface area contributed by atoms with E-state index in [-0.39, 0.29) is 5.60 Å². The van der Waals surface area contributed by atoms with Gasteiger partial charge in [0.25, 0.3) is 0 Å². The average Bonchev–Trinajstić information content (AvgIpc) is 2.29. The van der Waals surface area contributed by atoms with Crippen molar-refractivity contribution in [3.05, 3.63) is 0 Å². The van der Waals surface area contributed by atoms with Gasteiger partial charge in [0.15, 0.2) is 0 Å². The largest absolute Gasteiger partial charge is 0.381 e. The maximum atomic E-state index is 6.05. The van der Waals surface area contributed by atoms with E-state index in [1.807, 2.05) is 0 Å². The van der Waals surface area contributed by atoms with E-state index in [1.54, 1.807) is 0 Å². The Hall–Kier alpha value is 0.230. The van der Waals surface area contributed by atoms with Crippen LogP contribution in [0.3, 0.4) is 0 Å². The Bertz CT molecular complexity index is 224. The lowest BCUT2D eigenvalue weighted by Gasteiger charge is -2.43. The Morgan fingerprint density at radius 3 is 2.82 bits per heavy atom. The molecule has 0 aromatic carbocycles. The third kappa shape index (κ3) is 4.12. The second kappa shape index (κ2) is 6.41. The summed E-state index contributed by atoms with van der Waals surface area (Å²) in [6, 6.07) is 0.333. The molecular weight excluding hydrogens is 234 g/mol. The molecule has 0 aromatic rings.